The average Bonchev–Trinajstić information content (AvgIpc) is 3.26. The van der Waals surface area contributed by atoms with Crippen LogP contribution in [0.4, 0.5) is 24.1 Å². The van der Waals surface area contributed by atoms with Crippen molar-refractivity contribution < 1.29 is 17.9 Å². The quantitative estimate of drug-likeness (QED) is 0.420. The third-order valence-electron chi connectivity index (χ3n) is 7.27. The topological polar surface area (TPSA) is 68.1 Å². The zero-order valence-corrected chi connectivity index (χ0v) is 20.1. The Morgan fingerprint density at radius 2 is 2.03 bits per heavy atom. The van der Waals surface area contributed by atoms with Gasteiger partial charge in [-0.25, -0.2) is 4.68 Å². The molecule has 3 heterocycles. The van der Waals surface area contributed by atoms with Crippen LogP contribution in [-0.2, 0) is 11.8 Å². The molecule has 34 heavy (non-hydrogen) atoms. The Hall–Kier alpha value is -2.56. The molecule has 0 amide bonds. The third-order valence-corrected chi connectivity index (χ3v) is 8.21. The van der Waals surface area contributed by atoms with Crippen molar-refractivity contribution in [2.75, 3.05) is 29.9 Å². The molecule has 1 aliphatic heterocycles. The second kappa shape index (κ2) is 8.58. The molecule has 0 spiro atoms. The van der Waals surface area contributed by atoms with Gasteiger partial charge in [0.25, 0.3) is 0 Å². The SMILES string of the molecule is C=C/C=C(/OCC1(C(F)(F)F)CC1)c1nc(NC2[C@@H]3CC[C@H]2CN(c2cc(C)ns2)C3)nn1C. The summed E-state index contributed by atoms with van der Waals surface area (Å²) in [5, 5.41) is 9.22. The second-order valence-corrected chi connectivity index (χ2v) is 10.5. The van der Waals surface area contributed by atoms with Crippen molar-refractivity contribution >= 4 is 28.2 Å². The summed E-state index contributed by atoms with van der Waals surface area (Å²) in [7, 11) is 1.72. The molecule has 1 saturated heterocycles. The number of ether oxygens (including phenoxy) is 1. The van der Waals surface area contributed by atoms with Crippen LogP contribution in [0.2, 0.25) is 0 Å². The Bertz CT molecular complexity index is 1070. The number of nitrogens with one attached hydrogen (secondary N) is 1. The summed E-state index contributed by atoms with van der Waals surface area (Å²) >= 11 is 1.55. The normalized spacial score (nSPS) is 26.0. The van der Waals surface area contributed by atoms with Gasteiger partial charge in [-0.15, -0.1) is 5.10 Å². The van der Waals surface area contributed by atoms with Crippen molar-refractivity contribution in [1.82, 2.24) is 19.1 Å². The number of halogens is 3. The lowest BCUT2D eigenvalue weighted by atomic mass is 9.92. The first-order chi connectivity index (χ1) is 16.2. The van der Waals surface area contributed by atoms with Crippen molar-refractivity contribution in [3.8, 4) is 0 Å². The van der Waals surface area contributed by atoms with Crippen molar-refractivity contribution in [3.05, 3.63) is 36.3 Å². The first-order valence-corrected chi connectivity index (χ1v) is 12.3. The van der Waals surface area contributed by atoms with E-state index in [0.29, 0.717) is 23.6 Å². The van der Waals surface area contributed by atoms with Crippen LogP contribution in [0.3, 0.4) is 0 Å². The number of rotatable bonds is 8. The Kier molecular flexibility index (Phi) is 5.86. The lowest BCUT2D eigenvalue weighted by molar-refractivity contribution is -0.196. The van der Waals surface area contributed by atoms with E-state index < -0.39 is 18.2 Å². The number of nitrogens with zero attached hydrogens (tertiary/aromatic N) is 5. The Morgan fingerprint density at radius 1 is 1.32 bits per heavy atom. The highest BCUT2D eigenvalue weighted by atomic mass is 32.1. The molecule has 0 radical (unpaired) electrons. The van der Waals surface area contributed by atoms with Gasteiger partial charge >= 0.3 is 6.18 Å². The standard InChI is InChI=1S/C23H29F3N6OS/c1-4-5-17(33-13-22(8-9-22)23(24,25)26)20-28-21(29-31(20)3)27-19-15-6-7-16(19)12-32(11-15)18-10-14(2)30-34-18/h4-5,10,15-16,19H,1,6-9,11-13H2,2-3H3,(H,27,29)/b17-5+/t15-,16+,19?. The number of aryl methyl sites for hydroxylation is 2. The molecule has 3 aliphatic rings. The molecular formula is C23H29F3N6OS. The minimum absolute atomic E-state index is 0.0894. The Labute approximate surface area is 200 Å². The van der Waals surface area contributed by atoms with E-state index in [4.69, 9.17) is 4.74 Å². The molecule has 2 aromatic rings. The highest BCUT2D eigenvalue weighted by Gasteiger charge is 2.64. The number of hydrogen-bond donors (Lipinski definition) is 1. The molecule has 1 unspecified atom stereocenters. The van der Waals surface area contributed by atoms with Crippen LogP contribution in [0.1, 0.15) is 37.2 Å². The fraction of sp³-hybridized carbons (Fsp3) is 0.609. The number of piperidine rings is 1. The zero-order valence-electron chi connectivity index (χ0n) is 19.3. The molecule has 1 N–H and O–H groups in total. The van der Waals surface area contributed by atoms with Gasteiger partial charge < -0.3 is 15.0 Å². The molecule has 2 saturated carbocycles. The molecule has 184 valence electrons. The van der Waals surface area contributed by atoms with E-state index in [0.717, 1.165) is 31.6 Å². The maximum absolute atomic E-state index is 13.3. The van der Waals surface area contributed by atoms with Crippen molar-refractivity contribution in [2.24, 2.45) is 24.3 Å². The van der Waals surface area contributed by atoms with Crippen molar-refractivity contribution in [1.29, 1.82) is 0 Å². The van der Waals surface area contributed by atoms with Crippen LogP contribution >= 0.6 is 11.5 Å². The van der Waals surface area contributed by atoms with Crippen LogP contribution < -0.4 is 10.2 Å². The van der Waals surface area contributed by atoms with Gasteiger partial charge in [-0.3, -0.25) is 0 Å². The van der Waals surface area contributed by atoms with E-state index in [1.165, 1.54) is 11.1 Å². The number of allylic oxidation sites excluding steroid dienone is 2. The summed E-state index contributed by atoms with van der Waals surface area (Å²) in [5.74, 6) is 2.03. The summed E-state index contributed by atoms with van der Waals surface area (Å²) in [6.07, 6.45) is 1.21. The Morgan fingerprint density at radius 3 is 2.59 bits per heavy atom. The number of hydrogen-bond acceptors (Lipinski definition) is 7. The van der Waals surface area contributed by atoms with Crippen LogP contribution in [0.25, 0.3) is 5.76 Å². The molecule has 11 heteroatoms. The molecule has 2 aliphatic carbocycles. The predicted molar refractivity (Wildman–Crippen MR) is 126 cm³/mol. The zero-order chi connectivity index (χ0) is 24.1. The van der Waals surface area contributed by atoms with Gasteiger partial charge in [0.05, 0.1) is 5.69 Å². The van der Waals surface area contributed by atoms with Gasteiger partial charge in [-0.1, -0.05) is 12.7 Å². The summed E-state index contributed by atoms with van der Waals surface area (Å²) in [5.41, 5.74) is -0.706. The van der Waals surface area contributed by atoms with Crippen LogP contribution in [-0.4, -0.2) is 51.1 Å². The molecule has 3 atom stereocenters. The van der Waals surface area contributed by atoms with Gasteiger partial charge in [0.2, 0.25) is 5.95 Å². The van der Waals surface area contributed by atoms with E-state index in [9.17, 15) is 13.2 Å². The number of aromatic nitrogens is 4. The van der Waals surface area contributed by atoms with Crippen LogP contribution in [0.15, 0.2) is 24.8 Å². The van der Waals surface area contributed by atoms with Gasteiger partial charge in [0, 0.05) is 26.2 Å². The largest absolute Gasteiger partial charge is 0.489 e. The molecule has 2 aromatic heterocycles. The molecule has 2 bridgehead atoms. The molecule has 7 nitrogen and oxygen atoms in total. The summed E-state index contributed by atoms with van der Waals surface area (Å²) < 4.78 is 51.6. The van der Waals surface area contributed by atoms with Gasteiger partial charge in [0.1, 0.15) is 17.0 Å². The number of fused-ring (bicyclic) bond motifs is 2. The van der Waals surface area contributed by atoms with Crippen molar-refractivity contribution in [2.45, 2.75) is 44.8 Å². The monoisotopic (exact) mass is 494 g/mol. The van der Waals surface area contributed by atoms with Crippen molar-refractivity contribution in [3.63, 3.8) is 0 Å². The first kappa shape index (κ1) is 23.2. The molecule has 5 rings (SSSR count). The van der Waals surface area contributed by atoms with E-state index in [1.807, 2.05) is 6.92 Å². The predicted octanol–water partition coefficient (Wildman–Crippen LogP) is 4.79. The summed E-state index contributed by atoms with van der Waals surface area (Å²) in [6, 6.07) is 2.40. The fourth-order valence-corrected chi connectivity index (χ4v) is 5.90. The molecule has 3 fully saturated rings. The maximum Gasteiger partial charge on any atom is 0.397 e. The fourth-order valence-electron chi connectivity index (χ4n) is 5.12. The second-order valence-electron chi connectivity index (χ2n) is 9.70. The smallest absolute Gasteiger partial charge is 0.397 e. The number of alkyl halides is 3. The summed E-state index contributed by atoms with van der Waals surface area (Å²) in [4.78, 5) is 7.01. The number of anilines is 2. The van der Waals surface area contributed by atoms with E-state index >= 15 is 0 Å². The van der Waals surface area contributed by atoms with E-state index in [-0.39, 0.29) is 24.6 Å². The highest BCUT2D eigenvalue weighted by Crippen LogP contribution is 2.58. The maximum atomic E-state index is 13.3. The first-order valence-electron chi connectivity index (χ1n) is 11.6. The van der Waals surface area contributed by atoms with Crippen LogP contribution in [0, 0.1) is 24.2 Å². The van der Waals surface area contributed by atoms with Gasteiger partial charge in [0.15, 0.2) is 11.6 Å². The third kappa shape index (κ3) is 4.30. The van der Waals surface area contributed by atoms with Crippen LogP contribution in [0.5, 0.6) is 0 Å². The van der Waals surface area contributed by atoms with E-state index in [1.54, 1.807) is 29.3 Å². The van der Waals surface area contributed by atoms with Gasteiger partial charge in [-0.2, -0.15) is 22.5 Å². The average molecular weight is 495 g/mol. The molecule has 0 aromatic carbocycles. The lowest BCUT2D eigenvalue weighted by Crippen LogP contribution is -2.48. The minimum Gasteiger partial charge on any atom is -0.489 e. The summed E-state index contributed by atoms with van der Waals surface area (Å²) in [6.45, 7) is 7.17. The van der Waals surface area contributed by atoms with Gasteiger partial charge in [-0.05, 0) is 68.1 Å². The Balaban J connectivity index is 1.27. The van der Waals surface area contributed by atoms with E-state index in [2.05, 4.69) is 37.3 Å². The lowest BCUT2D eigenvalue weighted by Gasteiger charge is -2.38. The highest BCUT2D eigenvalue weighted by molar-refractivity contribution is 7.10. The molecular weight excluding hydrogens is 465 g/mol. The minimum atomic E-state index is -4.27.